The van der Waals surface area contributed by atoms with Gasteiger partial charge in [-0.1, -0.05) is 0 Å². The second kappa shape index (κ2) is 9.28. The quantitative estimate of drug-likeness (QED) is 0.220. The van der Waals surface area contributed by atoms with Gasteiger partial charge in [0.05, 0.1) is 11.4 Å². The largest absolute Gasteiger partial charge is 0.272 e. The Balaban J connectivity index is 1.99. The van der Waals surface area contributed by atoms with E-state index in [4.69, 9.17) is 0 Å². The van der Waals surface area contributed by atoms with Gasteiger partial charge in [0.25, 0.3) is 0 Å². The molecule has 0 aliphatic carbocycles. The molecule has 0 saturated heterocycles. The van der Waals surface area contributed by atoms with Crippen molar-refractivity contribution < 1.29 is 22.0 Å². The van der Waals surface area contributed by atoms with Gasteiger partial charge >= 0.3 is 0 Å². The standard InChI is InChI=1S/C25H7F5N10/c1-10-17(4-2-11(26)19(10)28)39-22-24(37-15(8-33)13(6-31)35-22)40(18-5-3-12(27)20(29)21(18)30)25-23(39)36-14(7-32)16(9-34)38-25/h2-5H,1H3. The molecule has 192 valence electrons. The number of fused-ring (bicyclic) bond motifs is 2. The third kappa shape index (κ3) is 3.58. The average molecular weight is 542 g/mol. The van der Waals surface area contributed by atoms with Crippen molar-refractivity contribution in [1.82, 2.24) is 19.9 Å². The maximum absolute atomic E-state index is 15.2. The summed E-state index contributed by atoms with van der Waals surface area (Å²) in [5.74, 6) is -9.50. The van der Waals surface area contributed by atoms with Crippen LogP contribution < -0.4 is 9.80 Å². The first kappa shape index (κ1) is 25.5. The van der Waals surface area contributed by atoms with E-state index >= 15 is 4.39 Å². The molecule has 0 spiro atoms. The molecule has 5 rings (SSSR count). The summed E-state index contributed by atoms with van der Waals surface area (Å²) in [5.41, 5.74) is -3.40. The third-order valence-electron chi connectivity index (χ3n) is 5.80. The molecule has 0 fully saturated rings. The highest BCUT2D eigenvalue weighted by Gasteiger charge is 2.40. The maximum atomic E-state index is 15.2. The van der Waals surface area contributed by atoms with Crippen LogP contribution in [-0.2, 0) is 0 Å². The van der Waals surface area contributed by atoms with Crippen molar-refractivity contribution in [3.63, 3.8) is 0 Å². The van der Waals surface area contributed by atoms with E-state index in [2.05, 4.69) is 19.9 Å². The van der Waals surface area contributed by atoms with Crippen LogP contribution in [0.1, 0.15) is 28.3 Å². The molecule has 40 heavy (non-hydrogen) atoms. The van der Waals surface area contributed by atoms with Crippen molar-refractivity contribution in [2.75, 3.05) is 9.80 Å². The first-order valence-corrected chi connectivity index (χ1v) is 10.8. The van der Waals surface area contributed by atoms with Crippen molar-refractivity contribution in [3.05, 3.63) is 81.7 Å². The van der Waals surface area contributed by atoms with Gasteiger partial charge in [-0.2, -0.15) is 21.0 Å². The Kier molecular flexibility index (Phi) is 5.91. The highest BCUT2D eigenvalue weighted by molar-refractivity contribution is 5.97. The predicted molar refractivity (Wildman–Crippen MR) is 124 cm³/mol. The minimum absolute atomic E-state index is 0.155. The smallest absolute Gasteiger partial charge is 0.196 e. The lowest BCUT2D eigenvalue weighted by molar-refractivity contribution is 0.448. The van der Waals surface area contributed by atoms with Gasteiger partial charge in [0.2, 0.25) is 0 Å². The molecule has 1 aliphatic heterocycles. The molecule has 2 aromatic heterocycles. The number of halogens is 5. The van der Waals surface area contributed by atoms with Crippen LogP contribution in [0.5, 0.6) is 0 Å². The Morgan fingerprint density at radius 1 is 0.525 bits per heavy atom. The molecule has 0 unspecified atom stereocenters. The summed E-state index contributed by atoms with van der Waals surface area (Å²) in [7, 11) is 0. The molecule has 15 heteroatoms. The van der Waals surface area contributed by atoms with Crippen molar-refractivity contribution in [3.8, 4) is 24.3 Å². The Hall–Kier alpha value is -6.19. The number of anilines is 6. The number of hydrogen-bond donors (Lipinski definition) is 0. The van der Waals surface area contributed by atoms with Crippen LogP contribution in [0.4, 0.5) is 56.6 Å². The SMILES string of the molecule is Cc1c(N2c3nc(C#N)c(C#N)nc3N(c3ccc(F)c(F)c3F)c3nc(C#N)c(C#N)nc32)ccc(F)c1F. The van der Waals surface area contributed by atoms with E-state index in [0.717, 1.165) is 28.0 Å². The molecule has 2 aromatic carbocycles. The van der Waals surface area contributed by atoms with Crippen LogP contribution in [0.2, 0.25) is 0 Å². The Morgan fingerprint density at radius 2 is 0.875 bits per heavy atom. The zero-order valence-electron chi connectivity index (χ0n) is 19.7. The van der Waals surface area contributed by atoms with Crippen molar-refractivity contribution in [2.24, 2.45) is 0 Å². The molecule has 1 aliphatic rings. The molecular weight excluding hydrogens is 535 g/mol. The van der Waals surface area contributed by atoms with Crippen LogP contribution >= 0.6 is 0 Å². The summed E-state index contributed by atoms with van der Waals surface area (Å²) in [4.78, 5) is 18.1. The summed E-state index contributed by atoms with van der Waals surface area (Å²) in [5, 5.41) is 38.3. The number of benzene rings is 2. The minimum atomic E-state index is -1.89. The monoisotopic (exact) mass is 542 g/mol. The fourth-order valence-corrected chi connectivity index (χ4v) is 3.98. The lowest BCUT2D eigenvalue weighted by Gasteiger charge is -2.37. The van der Waals surface area contributed by atoms with Gasteiger partial charge in [-0.05, 0) is 31.2 Å². The highest BCUT2D eigenvalue weighted by Crippen LogP contribution is 2.52. The van der Waals surface area contributed by atoms with Gasteiger partial charge in [0.1, 0.15) is 24.3 Å². The normalized spacial score (nSPS) is 11.6. The third-order valence-corrected chi connectivity index (χ3v) is 5.80. The van der Waals surface area contributed by atoms with Gasteiger partial charge in [-0.3, -0.25) is 9.80 Å². The van der Waals surface area contributed by atoms with E-state index in [-0.39, 0.29) is 11.3 Å². The van der Waals surface area contributed by atoms with E-state index in [9.17, 15) is 38.6 Å². The van der Waals surface area contributed by atoms with Gasteiger partial charge in [0.15, 0.2) is 75.1 Å². The van der Waals surface area contributed by atoms with Crippen LogP contribution in [0.15, 0.2) is 24.3 Å². The number of nitrogens with zero attached hydrogens (tertiary/aromatic N) is 10. The molecular formula is C25H7F5N10. The number of hydrogen-bond acceptors (Lipinski definition) is 10. The van der Waals surface area contributed by atoms with Gasteiger partial charge < -0.3 is 0 Å². The van der Waals surface area contributed by atoms with E-state index in [1.807, 2.05) is 0 Å². The Labute approximate surface area is 220 Å². The molecule has 0 bridgehead atoms. The van der Waals surface area contributed by atoms with Crippen molar-refractivity contribution >= 4 is 34.6 Å². The first-order chi connectivity index (χ1) is 19.2. The number of nitriles is 4. The van der Waals surface area contributed by atoms with Crippen LogP contribution in [0.25, 0.3) is 0 Å². The summed E-state index contributed by atoms with van der Waals surface area (Å²) < 4.78 is 72.1. The second-order valence-corrected chi connectivity index (χ2v) is 7.95. The van der Waals surface area contributed by atoms with Crippen LogP contribution in [0.3, 0.4) is 0 Å². The highest BCUT2D eigenvalue weighted by atomic mass is 19.2. The molecule has 0 N–H and O–H groups in total. The molecule has 0 atom stereocenters. The lowest BCUT2D eigenvalue weighted by atomic mass is 10.1. The fraction of sp³-hybridized carbons (Fsp3) is 0.0400. The molecule has 0 saturated carbocycles. The van der Waals surface area contributed by atoms with E-state index in [1.165, 1.54) is 6.92 Å². The van der Waals surface area contributed by atoms with Crippen LogP contribution in [0, 0.1) is 81.3 Å². The maximum Gasteiger partial charge on any atom is 0.196 e. The average Bonchev–Trinajstić information content (AvgIpc) is 2.97. The summed E-state index contributed by atoms with van der Waals surface area (Å²) in [6.07, 6.45) is 0. The topological polar surface area (TPSA) is 153 Å². The second-order valence-electron chi connectivity index (χ2n) is 7.95. The molecule has 10 nitrogen and oxygen atoms in total. The fourth-order valence-electron chi connectivity index (χ4n) is 3.98. The summed E-state index contributed by atoms with van der Waals surface area (Å²) in [6, 6.07) is 9.86. The lowest BCUT2D eigenvalue weighted by Crippen LogP contribution is -2.30. The van der Waals surface area contributed by atoms with Gasteiger partial charge in [0, 0.05) is 5.56 Å². The minimum Gasteiger partial charge on any atom is -0.272 e. The number of aromatic nitrogens is 4. The summed E-state index contributed by atoms with van der Waals surface area (Å²) in [6.45, 7) is 1.19. The first-order valence-electron chi connectivity index (χ1n) is 10.8. The van der Waals surface area contributed by atoms with Crippen molar-refractivity contribution in [2.45, 2.75) is 6.92 Å². The molecule has 4 aromatic rings. The van der Waals surface area contributed by atoms with Gasteiger partial charge in [-0.15, -0.1) is 0 Å². The van der Waals surface area contributed by atoms with E-state index < -0.39 is 80.8 Å². The van der Waals surface area contributed by atoms with Crippen LogP contribution in [-0.4, -0.2) is 19.9 Å². The molecule has 0 amide bonds. The molecule has 3 heterocycles. The van der Waals surface area contributed by atoms with E-state index in [0.29, 0.717) is 6.07 Å². The zero-order chi connectivity index (χ0) is 28.9. The van der Waals surface area contributed by atoms with Crippen molar-refractivity contribution in [1.29, 1.82) is 21.0 Å². The van der Waals surface area contributed by atoms with E-state index in [1.54, 1.807) is 24.3 Å². The molecule has 0 radical (unpaired) electrons. The zero-order valence-corrected chi connectivity index (χ0v) is 19.7. The van der Waals surface area contributed by atoms with Gasteiger partial charge in [-0.25, -0.2) is 41.9 Å². The Bertz CT molecular complexity index is 1730. The number of rotatable bonds is 2. The summed E-state index contributed by atoms with van der Waals surface area (Å²) >= 11 is 0. The Morgan fingerprint density at radius 3 is 1.27 bits per heavy atom. The predicted octanol–water partition coefficient (Wildman–Crippen LogP) is 5.01.